The van der Waals surface area contributed by atoms with Crippen LogP contribution in [0.25, 0.3) is 0 Å². The Bertz CT molecular complexity index is 534. The molecule has 0 aliphatic carbocycles. The number of aromatic nitrogens is 3. The first kappa shape index (κ1) is 13.6. The van der Waals surface area contributed by atoms with Gasteiger partial charge in [0.25, 0.3) is 0 Å². The van der Waals surface area contributed by atoms with Gasteiger partial charge in [-0.15, -0.1) is 0 Å². The van der Waals surface area contributed by atoms with Gasteiger partial charge < -0.3 is 4.74 Å². The van der Waals surface area contributed by atoms with Crippen molar-refractivity contribution in [2.24, 2.45) is 0 Å². The number of benzene rings is 1. The van der Waals surface area contributed by atoms with E-state index in [1.165, 1.54) is 5.56 Å². The summed E-state index contributed by atoms with van der Waals surface area (Å²) in [6, 6.07) is 8.11. The van der Waals surface area contributed by atoms with Crippen molar-refractivity contribution >= 4 is 0 Å². The van der Waals surface area contributed by atoms with Gasteiger partial charge in [-0.05, 0) is 31.0 Å². The van der Waals surface area contributed by atoms with Crippen molar-refractivity contribution < 1.29 is 4.74 Å². The quantitative estimate of drug-likeness (QED) is 0.800. The number of methoxy groups -OCH3 is 1. The molecule has 2 rings (SSSR count). The zero-order chi connectivity index (χ0) is 13.7. The van der Waals surface area contributed by atoms with E-state index in [4.69, 9.17) is 4.74 Å². The maximum atomic E-state index is 5.25. The Balaban J connectivity index is 2.17. The number of unbranched alkanes of at least 4 members (excludes halogenated alkanes) is 1. The highest BCUT2D eigenvalue weighted by molar-refractivity contribution is 5.30. The molecule has 0 saturated carbocycles. The van der Waals surface area contributed by atoms with Gasteiger partial charge in [0, 0.05) is 13.0 Å². The molecule has 1 aromatic carbocycles. The lowest BCUT2D eigenvalue weighted by Crippen LogP contribution is -2.06. The van der Waals surface area contributed by atoms with E-state index in [-0.39, 0.29) is 0 Å². The molecule has 1 aromatic heterocycles. The molecule has 4 heteroatoms. The van der Waals surface area contributed by atoms with Gasteiger partial charge >= 0.3 is 0 Å². The molecule has 102 valence electrons. The molecule has 1 heterocycles. The molecule has 0 atom stereocenters. The molecule has 0 saturated heterocycles. The highest BCUT2D eigenvalue weighted by Crippen LogP contribution is 2.15. The van der Waals surface area contributed by atoms with Gasteiger partial charge in [-0.3, -0.25) is 0 Å². The van der Waals surface area contributed by atoms with Crippen molar-refractivity contribution in [1.29, 1.82) is 0 Å². The fourth-order valence-electron chi connectivity index (χ4n) is 2.08. The van der Waals surface area contributed by atoms with E-state index in [9.17, 15) is 0 Å². The third-order valence-corrected chi connectivity index (χ3v) is 3.07. The molecule has 0 fully saturated rings. The Hall–Kier alpha value is -1.84. The molecule has 0 radical (unpaired) electrons. The number of hydrogen-bond acceptors (Lipinski definition) is 3. The third-order valence-electron chi connectivity index (χ3n) is 3.07. The van der Waals surface area contributed by atoms with E-state index in [1.807, 2.05) is 29.8 Å². The van der Waals surface area contributed by atoms with Crippen LogP contribution in [0.3, 0.4) is 0 Å². The molecule has 0 amide bonds. The molecule has 2 aromatic rings. The predicted octanol–water partition coefficient (Wildman–Crippen LogP) is 2.99. The molecule has 0 spiro atoms. The summed E-state index contributed by atoms with van der Waals surface area (Å²) in [4.78, 5) is 4.53. The zero-order valence-corrected chi connectivity index (χ0v) is 11.9. The van der Waals surface area contributed by atoms with Crippen molar-refractivity contribution in [2.75, 3.05) is 7.11 Å². The van der Waals surface area contributed by atoms with Crippen molar-refractivity contribution in [3.8, 4) is 5.75 Å². The number of hydrogen-bond donors (Lipinski definition) is 0. The van der Waals surface area contributed by atoms with Crippen LogP contribution in [0.5, 0.6) is 5.75 Å². The minimum Gasteiger partial charge on any atom is -0.497 e. The summed E-state index contributed by atoms with van der Waals surface area (Å²) in [6.07, 6.45) is 3.09. The Kier molecular flexibility index (Phi) is 4.55. The van der Waals surface area contributed by atoms with Crippen molar-refractivity contribution in [1.82, 2.24) is 14.8 Å². The topological polar surface area (TPSA) is 39.9 Å². The van der Waals surface area contributed by atoms with Crippen molar-refractivity contribution in [2.45, 2.75) is 39.7 Å². The summed E-state index contributed by atoms with van der Waals surface area (Å²) >= 11 is 0. The average Bonchev–Trinajstić information content (AvgIpc) is 2.76. The Morgan fingerprint density at radius 2 is 2.16 bits per heavy atom. The summed E-state index contributed by atoms with van der Waals surface area (Å²) in [5.74, 6) is 2.75. The van der Waals surface area contributed by atoms with Gasteiger partial charge in [0.1, 0.15) is 17.4 Å². The van der Waals surface area contributed by atoms with Crippen LogP contribution in [0.15, 0.2) is 24.3 Å². The van der Waals surface area contributed by atoms with Crippen LogP contribution < -0.4 is 4.74 Å². The van der Waals surface area contributed by atoms with Crippen molar-refractivity contribution in [3.63, 3.8) is 0 Å². The highest BCUT2D eigenvalue weighted by atomic mass is 16.5. The van der Waals surface area contributed by atoms with E-state index in [2.05, 4.69) is 23.1 Å². The second kappa shape index (κ2) is 6.36. The lowest BCUT2D eigenvalue weighted by molar-refractivity contribution is 0.414. The third kappa shape index (κ3) is 3.56. The molecule has 0 N–H and O–H groups in total. The first-order valence-electron chi connectivity index (χ1n) is 6.76. The van der Waals surface area contributed by atoms with Crippen molar-refractivity contribution in [3.05, 3.63) is 41.5 Å². The molecular formula is C15H21N3O. The van der Waals surface area contributed by atoms with Crippen LogP contribution in [0.4, 0.5) is 0 Å². The van der Waals surface area contributed by atoms with Gasteiger partial charge in [-0.25, -0.2) is 9.67 Å². The maximum absolute atomic E-state index is 5.25. The summed E-state index contributed by atoms with van der Waals surface area (Å²) in [6.45, 7) is 5.07. The number of aryl methyl sites for hydroxylation is 2. The van der Waals surface area contributed by atoms with Crippen LogP contribution in [-0.2, 0) is 13.0 Å². The summed E-state index contributed by atoms with van der Waals surface area (Å²) in [5, 5.41) is 4.46. The Labute approximate surface area is 114 Å². The normalized spacial score (nSPS) is 10.7. The minimum absolute atomic E-state index is 0.793. The largest absolute Gasteiger partial charge is 0.497 e. The van der Waals surface area contributed by atoms with Gasteiger partial charge in [-0.2, -0.15) is 5.10 Å². The lowest BCUT2D eigenvalue weighted by atomic mass is 10.1. The SMILES string of the molecule is CCCCn1nc(C)nc1Cc1cccc(OC)c1. The second-order valence-corrected chi connectivity index (χ2v) is 4.68. The van der Waals surface area contributed by atoms with E-state index in [1.54, 1.807) is 7.11 Å². The summed E-state index contributed by atoms with van der Waals surface area (Å²) in [5.41, 5.74) is 1.20. The summed E-state index contributed by atoms with van der Waals surface area (Å²) < 4.78 is 7.28. The van der Waals surface area contributed by atoms with Gasteiger partial charge in [0.2, 0.25) is 0 Å². The molecule has 4 nitrogen and oxygen atoms in total. The Morgan fingerprint density at radius 1 is 1.32 bits per heavy atom. The fraction of sp³-hybridized carbons (Fsp3) is 0.467. The summed E-state index contributed by atoms with van der Waals surface area (Å²) in [7, 11) is 1.69. The highest BCUT2D eigenvalue weighted by Gasteiger charge is 2.08. The monoisotopic (exact) mass is 259 g/mol. The predicted molar refractivity (Wildman–Crippen MR) is 75.5 cm³/mol. The van der Waals surface area contributed by atoms with Crippen LogP contribution in [-0.4, -0.2) is 21.9 Å². The smallest absolute Gasteiger partial charge is 0.147 e. The molecule has 0 aliphatic rings. The number of nitrogens with zero attached hydrogens (tertiary/aromatic N) is 3. The molecule has 19 heavy (non-hydrogen) atoms. The van der Waals surface area contributed by atoms with Crippen LogP contribution in [0, 0.1) is 6.92 Å². The standard InChI is InChI=1S/C15H21N3O/c1-4-5-9-18-15(16-12(2)17-18)11-13-7-6-8-14(10-13)19-3/h6-8,10H,4-5,9,11H2,1-3H3. The van der Waals surface area contributed by atoms with Crippen LogP contribution in [0.1, 0.15) is 37.0 Å². The zero-order valence-electron chi connectivity index (χ0n) is 11.9. The second-order valence-electron chi connectivity index (χ2n) is 4.68. The number of ether oxygens (including phenoxy) is 1. The van der Waals surface area contributed by atoms with Gasteiger partial charge in [0.15, 0.2) is 0 Å². The lowest BCUT2D eigenvalue weighted by Gasteiger charge is -2.06. The van der Waals surface area contributed by atoms with Gasteiger partial charge in [-0.1, -0.05) is 25.5 Å². The fourth-order valence-corrected chi connectivity index (χ4v) is 2.08. The first-order chi connectivity index (χ1) is 9.22. The molecule has 0 bridgehead atoms. The minimum atomic E-state index is 0.793. The first-order valence-corrected chi connectivity index (χ1v) is 6.76. The number of rotatable bonds is 6. The average molecular weight is 259 g/mol. The molecular weight excluding hydrogens is 238 g/mol. The molecule has 0 aliphatic heterocycles. The van der Waals surface area contributed by atoms with E-state index >= 15 is 0 Å². The Morgan fingerprint density at radius 3 is 2.89 bits per heavy atom. The molecule has 0 unspecified atom stereocenters. The van der Waals surface area contributed by atoms with E-state index in [0.717, 1.165) is 43.2 Å². The van der Waals surface area contributed by atoms with E-state index in [0.29, 0.717) is 0 Å². The maximum Gasteiger partial charge on any atom is 0.147 e. The van der Waals surface area contributed by atoms with Gasteiger partial charge in [0.05, 0.1) is 7.11 Å². The van der Waals surface area contributed by atoms with Crippen LogP contribution >= 0.6 is 0 Å². The van der Waals surface area contributed by atoms with E-state index < -0.39 is 0 Å². The van der Waals surface area contributed by atoms with Crippen LogP contribution in [0.2, 0.25) is 0 Å².